The van der Waals surface area contributed by atoms with Crippen LogP contribution < -0.4 is 14.8 Å². The Balaban J connectivity index is 1.64. The van der Waals surface area contributed by atoms with Crippen molar-refractivity contribution in [3.63, 3.8) is 0 Å². The number of hydrogen-bond donors (Lipinski definition) is 1. The van der Waals surface area contributed by atoms with Crippen LogP contribution in [0.5, 0.6) is 11.5 Å². The molecule has 0 fully saturated rings. The molecule has 3 aromatic rings. The lowest BCUT2D eigenvalue weighted by Crippen LogP contribution is -2.10. The number of hydrogen-bond acceptors (Lipinski definition) is 3. The van der Waals surface area contributed by atoms with Crippen molar-refractivity contribution in [2.45, 2.75) is 12.8 Å². The number of halogens is 4. The molecule has 8 heteroatoms. The van der Waals surface area contributed by atoms with E-state index in [0.29, 0.717) is 28.7 Å². The fourth-order valence-electron chi connectivity index (χ4n) is 2.78. The van der Waals surface area contributed by atoms with E-state index in [2.05, 4.69) is 5.32 Å². The summed E-state index contributed by atoms with van der Waals surface area (Å²) in [6, 6.07) is 16.8. The van der Waals surface area contributed by atoms with Gasteiger partial charge in [0.05, 0.1) is 12.7 Å². The fraction of sp³-hybridized carbons (Fsp3) is 0.125. The van der Waals surface area contributed by atoms with Gasteiger partial charge in [-0.1, -0.05) is 35.9 Å². The van der Waals surface area contributed by atoms with Gasteiger partial charge in [-0.3, -0.25) is 4.79 Å². The molecule has 0 atom stereocenters. The lowest BCUT2D eigenvalue weighted by atomic mass is 10.1. The third-order valence-corrected chi connectivity index (χ3v) is 4.63. The number of carbonyl (C=O) groups is 1. The Morgan fingerprint density at radius 2 is 1.78 bits per heavy atom. The Kier molecular flexibility index (Phi) is 7.43. The molecular formula is C24H19ClF3NO3. The van der Waals surface area contributed by atoms with Crippen LogP contribution in [0.2, 0.25) is 5.02 Å². The van der Waals surface area contributed by atoms with E-state index in [0.717, 1.165) is 17.7 Å². The van der Waals surface area contributed by atoms with Crippen molar-refractivity contribution >= 4 is 29.3 Å². The first kappa shape index (κ1) is 23.2. The average molecular weight is 462 g/mol. The van der Waals surface area contributed by atoms with Crippen LogP contribution >= 0.6 is 11.6 Å². The number of anilines is 1. The third kappa shape index (κ3) is 6.52. The van der Waals surface area contributed by atoms with Crippen molar-refractivity contribution in [1.29, 1.82) is 0 Å². The first-order chi connectivity index (χ1) is 15.2. The minimum atomic E-state index is -4.48. The standard InChI is InChI=1S/C24H19ClF3NO3/c1-31-22-13-16(7-11-21(22)32-15-17-5-9-19(25)10-6-17)8-12-23(30)29-20-4-2-3-18(14-20)24(26,27)28/h2-14H,15H2,1H3,(H,29,30). The summed E-state index contributed by atoms with van der Waals surface area (Å²) in [7, 11) is 1.50. The van der Waals surface area contributed by atoms with E-state index in [-0.39, 0.29) is 5.69 Å². The molecule has 3 rings (SSSR count). The summed E-state index contributed by atoms with van der Waals surface area (Å²) >= 11 is 5.88. The maximum atomic E-state index is 12.8. The van der Waals surface area contributed by atoms with Crippen LogP contribution in [-0.4, -0.2) is 13.0 Å². The lowest BCUT2D eigenvalue weighted by molar-refractivity contribution is -0.137. The largest absolute Gasteiger partial charge is 0.493 e. The Labute approximate surface area is 188 Å². The van der Waals surface area contributed by atoms with Gasteiger partial charge in [0, 0.05) is 16.8 Å². The number of alkyl halides is 3. The van der Waals surface area contributed by atoms with Crippen LogP contribution in [-0.2, 0) is 17.6 Å². The number of rotatable bonds is 7. The Morgan fingerprint density at radius 1 is 1.03 bits per heavy atom. The molecule has 0 aliphatic carbocycles. The normalized spacial score (nSPS) is 11.4. The Bertz CT molecular complexity index is 1110. The first-order valence-corrected chi connectivity index (χ1v) is 9.84. The highest BCUT2D eigenvalue weighted by molar-refractivity contribution is 6.30. The number of carbonyl (C=O) groups excluding carboxylic acids is 1. The quantitative estimate of drug-likeness (QED) is 0.403. The van der Waals surface area contributed by atoms with Crippen LogP contribution in [0.4, 0.5) is 18.9 Å². The van der Waals surface area contributed by atoms with Gasteiger partial charge in [-0.25, -0.2) is 0 Å². The van der Waals surface area contributed by atoms with Crippen LogP contribution in [0.3, 0.4) is 0 Å². The number of amides is 1. The highest BCUT2D eigenvalue weighted by Crippen LogP contribution is 2.31. The number of ether oxygens (including phenoxy) is 2. The molecule has 0 aliphatic rings. The lowest BCUT2D eigenvalue weighted by Gasteiger charge is -2.11. The van der Waals surface area contributed by atoms with Crippen molar-refractivity contribution in [3.05, 3.63) is 94.5 Å². The number of methoxy groups -OCH3 is 1. The molecule has 32 heavy (non-hydrogen) atoms. The highest BCUT2D eigenvalue weighted by Gasteiger charge is 2.30. The van der Waals surface area contributed by atoms with Crippen molar-refractivity contribution in [3.8, 4) is 11.5 Å². The summed E-state index contributed by atoms with van der Waals surface area (Å²) < 4.78 is 49.5. The van der Waals surface area contributed by atoms with Gasteiger partial charge in [-0.15, -0.1) is 0 Å². The molecule has 0 aliphatic heterocycles. The van der Waals surface area contributed by atoms with Crippen LogP contribution in [0.15, 0.2) is 72.8 Å². The molecule has 0 spiro atoms. The van der Waals surface area contributed by atoms with E-state index < -0.39 is 17.6 Å². The molecule has 0 radical (unpaired) electrons. The summed E-state index contributed by atoms with van der Waals surface area (Å²) in [5.74, 6) is 0.429. The van der Waals surface area contributed by atoms with Gasteiger partial charge in [-0.2, -0.15) is 13.2 Å². The summed E-state index contributed by atoms with van der Waals surface area (Å²) in [6.45, 7) is 0.322. The topological polar surface area (TPSA) is 47.6 Å². The second kappa shape index (κ2) is 10.2. The maximum absolute atomic E-state index is 12.8. The van der Waals surface area contributed by atoms with Crippen molar-refractivity contribution in [1.82, 2.24) is 0 Å². The van der Waals surface area contributed by atoms with Crippen molar-refractivity contribution in [2.75, 3.05) is 12.4 Å². The van der Waals surface area contributed by atoms with Crippen LogP contribution in [0.1, 0.15) is 16.7 Å². The van der Waals surface area contributed by atoms with E-state index >= 15 is 0 Å². The molecular weight excluding hydrogens is 443 g/mol. The zero-order chi connectivity index (χ0) is 23.1. The first-order valence-electron chi connectivity index (χ1n) is 9.46. The number of nitrogens with one attached hydrogen (secondary N) is 1. The zero-order valence-corrected chi connectivity index (χ0v) is 17.7. The molecule has 3 aromatic carbocycles. The summed E-state index contributed by atoms with van der Waals surface area (Å²) in [6.07, 6.45) is -1.73. The fourth-order valence-corrected chi connectivity index (χ4v) is 2.90. The second-order valence-corrected chi connectivity index (χ2v) is 7.16. The second-order valence-electron chi connectivity index (χ2n) is 6.73. The SMILES string of the molecule is COc1cc(C=CC(=O)Nc2cccc(C(F)(F)F)c2)ccc1OCc1ccc(Cl)cc1. The maximum Gasteiger partial charge on any atom is 0.416 e. The third-order valence-electron chi connectivity index (χ3n) is 4.38. The summed E-state index contributed by atoms with van der Waals surface area (Å²) in [4.78, 5) is 12.1. The minimum absolute atomic E-state index is 0.0537. The van der Waals surface area contributed by atoms with Crippen molar-refractivity contribution < 1.29 is 27.4 Å². The van der Waals surface area contributed by atoms with Crippen LogP contribution in [0.25, 0.3) is 6.08 Å². The molecule has 0 saturated heterocycles. The smallest absolute Gasteiger partial charge is 0.416 e. The molecule has 166 valence electrons. The van der Waals surface area contributed by atoms with Gasteiger partial charge in [0.1, 0.15) is 6.61 Å². The van der Waals surface area contributed by atoms with E-state index in [1.807, 2.05) is 12.1 Å². The molecule has 1 amide bonds. The van der Waals surface area contributed by atoms with E-state index in [1.165, 1.54) is 31.4 Å². The van der Waals surface area contributed by atoms with Gasteiger partial charge >= 0.3 is 6.18 Å². The predicted molar refractivity (Wildman–Crippen MR) is 118 cm³/mol. The minimum Gasteiger partial charge on any atom is -0.493 e. The zero-order valence-electron chi connectivity index (χ0n) is 16.9. The van der Waals surface area contributed by atoms with Gasteiger partial charge in [0.15, 0.2) is 11.5 Å². The van der Waals surface area contributed by atoms with Gasteiger partial charge in [0.2, 0.25) is 5.91 Å². The molecule has 0 unspecified atom stereocenters. The molecule has 0 aromatic heterocycles. The molecule has 1 N–H and O–H groups in total. The van der Waals surface area contributed by atoms with Crippen molar-refractivity contribution in [2.24, 2.45) is 0 Å². The van der Waals surface area contributed by atoms with E-state index in [9.17, 15) is 18.0 Å². The van der Waals surface area contributed by atoms with Gasteiger partial charge in [0.25, 0.3) is 0 Å². The molecule has 0 saturated carbocycles. The van der Waals surface area contributed by atoms with Gasteiger partial charge in [-0.05, 0) is 59.7 Å². The van der Waals surface area contributed by atoms with Crippen LogP contribution in [0, 0.1) is 0 Å². The molecule has 0 bridgehead atoms. The Hall–Kier alpha value is -3.45. The summed E-state index contributed by atoms with van der Waals surface area (Å²) in [5.41, 5.74) is 0.808. The average Bonchev–Trinajstić information content (AvgIpc) is 2.77. The molecule has 0 heterocycles. The predicted octanol–water partition coefficient (Wildman–Crippen LogP) is 6.60. The summed E-state index contributed by atoms with van der Waals surface area (Å²) in [5, 5.41) is 3.05. The number of benzene rings is 3. The Morgan fingerprint density at radius 3 is 2.47 bits per heavy atom. The van der Waals surface area contributed by atoms with Gasteiger partial charge < -0.3 is 14.8 Å². The molecule has 4 nitrogen and oxygen atoms in total. The van der Waals surface area contributed by atoms with E-state index in [4.69, 9.17) is 21.1 Å². The van der Waals surface area contributed by atoms with E-state index in [1.54, 1.807) is 30.3 Å². The highest BCUT2D eigenvalue weighted by atomic mass is 35.5. The monoisotopic (exact) mass is 461 g/mol.